The number of hydrogen-bond acceptors (Lipinski definition) is 3. The fourth-order valence-electron chi connectivity index (χ4n) is 2.43. The van der Waals surface area contributed by atoms with Crippen LogP contribution in [0.2, 0.25) is 0 Å². The number of primary amides is 1. The molecule has 0 bridgehead atoms. The molecule has 1 aliphatic rings. The molecule has 1 aromatic carbocycles. The van der Waals surface area contributed by atoms with Crippen LogP contribution in [0, 0.1) is 0 Å². The Morgan fingerprint density at radius 3 is 2.13 bits per heavy atom. The second-order valence-corrected chi connectivity index (χ2v) is 7.26. The number of sulfonamides is 1. The summed E-state index contributed by atoms with van der Waals surface area (Å²) in [5.74, 6) is -0.459. The van der Waals surface area contributed by atoms with Gasteiger partial charge in [0.2, 0.25) is 10.0 Å². The Morgan fingerprint density at radius 1 is 1.17 bits per heavy atom. The molecule has 6 nitrogen and oxygen atoms in total. The van der Waals surface area contributed by atoms with Crippen molar-refractivity contribution in [3.05, 3.63) is 29.8 Å². The number of nitrogens with one attached hydrogen (secondary N) is 1. The molecule has 0 aliphatic carbocycles. The first kappa shape index (κ1) is 17.7. The molecule has 2 rings (SSSR count). The van der Waals surface area contributed by atoms with E-state index in [4.69, 9.17) is 5.73 Å². The molecule has 0 saturated carbocycles. The first-order valence-electron chi connectivity index (χ1n) is 6.90. The average Bonchev–Trinajstić information content (AvgIpc) is 2.46. The monoisotopic (exact) mass is 352 g/mol. The van der Waals surface area contributed by atoms with Crippen LogP contribution in [0.1, 0.15) is 5.56 Å². The zero-order valence-corrected chi connectivity index (χ0v) is 13.0. The van der Waals surface area contributed by atoms with Gasteiger partial charge in [-0.15, -0.1) is 0 Å². The van der Waals surface area contributed by atoms with E-state index in [1.54, 1.807) is 0 Å². The number of quaternary nitrogens is 1. The van der Waals surface area contributed by atoms with Crippen LogP contribution in [0.25, 0.3) is 0 Å². The summed E-state index contributed by atoms with van der Waals surface area (Å²) in [6, 6.07) is 3.42. The lowest BCUT2D eigenvalue weighted by molar-refractivity contribution is -0.895. The third kappa shape index (κ3) is 4.21. The molecule has 0 unspecified atom stereocenters. The molecule has 0 atom stereocenters. The van der Waals surface area contributed by atoms with Gasteiger partial charge in [-0.1, -0.05) is 0 Å². The summed E-state index contributed by atoms with van der Waals surface area (Å²) < 4.78 is 63.6. The minimum atomic E-state index is -4.51. The SMILES string of the molecule is NC(=O)C[NH+]1CCN(S(=O)(=O)c2ccc(C(F)(F)F)cc2)CC1. The number of carbonyl (C=O) groups excluding carboxylic acids is 1. The van der Waals surface area contributed by atoms with Gasteiger partial charge >= 0.3 is 6.18 Å². The molecule has 3 N–H and O–H groups in total. The van der Waals surface area contributed by atoms with Crippen molar-refractivity contribution in [2.75, 3.05) is 32.7 Å². The summed E-state index contributed by atoms with van der Waals surface area (Å²) in [7, 11) is -3.84. The number of amides is 1. The third-order valence-corrected chi connectivity index (χ3v) is 5.59. The Morgan fingerprint density at radius 2 is 1.70 bits per heavy atom. The van der Waals surface area contributed by atoms with Gasteiger partial charge in [0.15, 0.2) is 6.54 Å². The predicted octanol–water partition coefficient (Wildman–Crippen LogP) is -0.920. The van der Waals surface area contributed by atoms with Crippen LogP contribution in [0.15, 0.2) is 29.2 Å². The zero-order valence-electron chi connectivity index (χ0n) is 12.1. The van der Waals surface area contributed by atoms with Crippen LogP contribution < -0.4 is 10.6 Å². The lowest BCUT2D eigenvalue weighted by atomic mass is 10.2. The Balaban J connectivity index is 2.09. The maximum atomic E-state index is 12.5. The molecule has 1 aliphatic heterocycles. The lowest BCUT2D eigenvalue weighted by Gasteiger charge is -2.30. The first-order valence-corrected chi connectivity index (χ1v) is 8.34. The quantitative estimate of drug-likeness (QED) is 0.735. The van der Waals surface area contributed by atoms with E-state index in [1.807, 2.05) is 0 Å². The molecule has 128 valence electrons. The molecule has 0 aromatic heterocycles. The molecular weight excluding hydrogens is 335 g/mol. The highest BCUT2D eigenvalue weighted by atomic mass is 32.2. The molecule has 1 aromatic rings. The van der Waals surface area contributed by atoms with Gasteiger partial charge in [-0.3, -0.25) is 4.79 Å². The van der Waals surface area contributed by atoms with E-state index in [0.717, 1.165) is 29.2 Å². The van der Waals surface area contributed by atoms with E-state index in [1.165, 1.54) is 4.31 Å². The van der Waals surface area contributed by atoms with Crippen molar-refractivity contribution in [1.82, 2.24) is 4.31 Å². The van der Waals surface area contributed by atoms with Crippen molar-refractivity contribution in [2.24, 2.45) is 5.73 Å². The van der Waals surface area contributed by atoms with E-state index in [0.29, 0.717) is 13.1 Å². The van der Waals surface area contributed by atoms with Gasteiger partial charge in [0.25, 0.3) is 5.91 Å². The maximum Gasteiger partial charge on any atom is 0.416 e. The summed E-state index contributed by atoms with van der Waals surface area (Å²) in [6.07, 6.45) is -4.51. The smallest absolute Gasteiger partial charge is 0.365 e. The molecule has 1 saturated heterocycles. The summed E-state index contributed by atoms with van der Waals surface area (Å²) in [5, 5.41) is 0. The minimum Gasteiger partial charge on any atom is -0.365 e. The van der Waals surface area contributed by atoms with Crippen LogP contribution in [0.5, 0.6) is 0 Å². The van der Waals surface area contributed by atoms with Gasteiger partial charge in [-0.2, -0.15) is 17.5 Å². The molecule has 1 fully saturated rings. The first-order chi connectivity index (χ1) is 10.6. The number of hydrogen-bond donors (Lipinski definition) is 2. The van der Waals surface area contributed by atoms with E-state index in [9.17, 15) is 26.4 Å². The van der Waals surface area contributed by atoms with Gasteiger partial charge in [0.1, 0.15) is 0 Å². The Hall–Kier alpha value is -1.65. The summed E-state index contributed by atoms with van der Waals surface area (Å²) in [5.41, 5.74) is 4.20. The molecule has 1 amide bonds. The van der Waals surface area contributed by atoms with Gasteiger partial charge in [0.05, 0.1) is 36.6 Å². The molecule has 1 heterocycles. The standard InChI is InChI=1S/C13H16F3N3O3S/c14-13(15,16)10-1-3-11(4-2-10)23(21,22)19-7-5-18(6-8-19)9-12(17)20/h1-4H,5-9H2,(H2,17,20)/p+1. The fourth-order valence-corrected chi connectivity index (χ4v) is 3.87. The van der Waals surface area contributed by atoms with Crippen LogP contribution >= 0.6 is 0 Å². The largest absolute Gasteiger partial charge is 0.416 e. The van der Waals surface area contributed by atoms with E-state index in [-0.39, 0.29) is 24.5 Å². The number of rotatable bonds is 4. The Labute approximate surface area is 131 Å². The van der Waals surface area contributed by atoms with Crippen molar-refractivity contribution in [3.63, 3.8) is 0 Å². The number of carbonyl (C=O) groups is 1. The average molecular weight is 352 g/mol. The van der Waals surface area contributed by atoms with Crippen LogP contribution in [0.3, 0.4) is 0 Å². The second kappa shape index (κ2) is 6.46. The number of piperazine rings is 1. The third-order valence-electron chi connectivity index (χ3n) is 3.67. The number of benzene rings is 1. The van der Waals surface area contributed by atoms with Crippen molar-refractivity contribution in [2.45, 2.75) is 11.1 Å². The van der Waals surface area contributed by atoms with E-state index < -0.39 is 27.7 Å². The normalized spacial score (nSPS) is 18.0. The molecule has 10 heteroatoms. The maximum absolute atomic E-state index is 12.5. The number of nitrogens with two attached hydrogens (primary N) is 1. The highest BCUT2D eigenvalue weighted by Crippen LogP contribution is 2.30. The van der Waals surface area contributed by atoms with Crippen LogP contribution in [-0.2, 0) is 21.0 Å². The zero-order chi connectivity index (χ0) is 17.3. The number of halogens is 3. The van der Waals surface area contributed by atoms with Gasteiger partial charge in [0, 0.05) is 0 Å². The summed E-state index contributed by atoms with van der Waals surface area (Å²) in [4.78, 5) is 11.6. The number of alkyl halides is 3. The fraction of sp³-hybridized carbons (Fsp3) is 0.462. The second-order valence-electron chi connectivity index (χ2n) is 5.32. The van der Waals surface area contributed by atoms with Crippen molar-refractivity contribution < 1.29 is 31.3 Å². The molecule has 0 spiro atoms. The van der Waals surface area contributed by atoms with Crippen molar-refractivity contribution >= 4 is 15.9 Å². The van der Waals surface area contributed by atoms with Crippen molar-refractivity contribution in [3.8, 4) is 0 Å². The summed E-state index contributed by atoms with van der Waals surface area (Å²) in [6.45, 7) is 1.34. The van der Waals surface area contributed by atoms with Gasteiger partial charge in [-0.25, -0.2) is 8.42 Å². The Bertz CT molecular complexity index is 666. The minimum absolute atomic E-state index is 0.133. The molecule has 23 heavy (non-hydrogen) atoms. The lowest BCUT2D eigenvalue weighted by Crippen LogP contribution is -3.15. The van der Waals surface area contributed by atoms with E-state index in [2.05, 4.69) is 0 Å². The topological polar surface area (TPSA) is 84.9 Å². The van der Waals surface area contributed by atoms with Gasteiger partial charge < -0.3 is 10.6 Å². The Kier molecular flexibility index (Phi) is 4.97. The van der Waals surface area contributed by atoms with E-state index >= 15 is 0 Å². The van der Waals surface area contributed by atoms with Gasteiger partial charge in [-0.05, 0) is 24.3 Å². The predicted molar refractivity (Wildman–Crippen MR) is 75.0 cm³/mol. The van der Waals surface area contributed by atoms with Crippen LogP contribution in [-0.4, -0.2) is 51.4 Å². The highest BCUT2D eigenvalue weighted by Gasteiger charge is 2.33. The van der Waals surface area contributed by atoms with Crippen LogP contribution in [0.4, 0.5) is 13.2 Å². The summed E-state index contributed by atoms with van der Waals surface area (Å²) >= 11 is 0. The molecule has 0 radical (unpaired) electrons. The number of nitrogens with zero attached hydrogens (tertiary/aromatic N) is 1. The molecular formula is C13H17F3N3O3S+. The van der Waals surface area contributed by atoms with Crippen molar-refractivity contribution in [1.29, 1.82) is 0 Å². The highest BCUT2D eigenvalue weighted by molar-refractivity contribution is 7.89.